The van der Waals surface area contributed by atoms with Crippen molar-refractivity contribution in [3.63, 3.8) is 0 Å². The van der Waals surface area contributed by atoms with Gasteiger partial charge in [0, 0.05) is 25.8 Å². The lowest BCUT2D eigenvalue weighted by Crippen LogP contribution is -2.52. The van der Waals surface area contributed by atoms with Crippen LogP contribution in [0.25, 0.3) is 0 Å². The first-order valence-electron chi connectivity index (χ1n) is 9.27. The van der Waals surface area contributed by atoms with E-state index in [9.17, 15) is 16.8 Å². The molecule has 0 radical (unpaired) electrons. The molecule has 3 heterocycles. The number of sulfone groups is 1. The normalized spacial score (nSPS) is 27.0. The molecule has 1 unspecified atom stereocenters. The standard InChI is InChI=1S/C17H26BrN3O6S2/c1-12-9-21(11-17(2,3)27-12)16-15(18)6-14(8-19-16)29(24,25)20-7-13-10-28(22,23)5-4-26-13/h6,8,12-13,20H,4-5,7,9-11H2,1-3H3/t12-,13?/m0/s1. The minimum Gasteiger partial charge on any atom is -0.375 e. The van der Waals surface area contributed by atoms with Crippen molar-refractivity contribution in [1.82, 2.24) is 9.71 Å². The summed E-state index contributed by atoms with van der Waals surface area (Å²) in [5, 5.41) is 0. The number of rotatable bonds is 5. The second kappa shape index (κ2) is 8.39. The SMILES string of the molecule is C[C@H]1CN(c2ncc(S(=O)(=O)NCC3CS(=O)(=O)CCO3)cc2Br)CC(C)(C)O1. The first-order chi connectivity index (χ1) is 13.4. The van der Waals surface area contributed by atoms with Gasteiger partial charge in [0.2, 0.25) is 10.0 Å². The lowest BCUT2D eigenvalue weighted by molar-refractivity contribution is -0.0752. The molecule has 3 rings (SSSR count). The van der Waals surface area contributed by atoms with Gasteiger partial charge in [-0.05, 0) is 42.8 Å². The van der Waals surface area contributed by atoms with Gasteiger partial charge < -0.3 is 14.4 Å². The molecule has 2 aliphatic rings. The Balaban J connectivity index is 1.71. The molecular formula is C17H26BrN3O6S2. The molecule has 0 amide bonds. The fourth-order valence-electron chi connectivity index (χ4n) is 3.57. The van der Waals surface area contributed by atoms with Crippen LogP contribution in [0.3, 0.4) is 0 Å². The molecule has 0 aromatic carbocycles. The summed E-state index contributed by atoms with van der Waals surface area (Å²) in [6, 6.07) is 1.50. The molecule has 2 fully saturated rings. The average Bonchev–Trinajstić information content (AvgIpc) is 2.57. The van der Waals surface area contributed by atoms with Gasteiger partial charge in [-0.1, -0.05) is 0 Å². The number of anilines is 1. The number of hydrogen-bond acceptors (Lipinski definition) is 8. The van der Waals surface area contributed by atoms with E-state index in [1.165, 1.54) is 12.3 Å². The number of nitrogens with zero attached hydrogens (tertiary/aromatic N) is 2. The molecule has 0 bridgehead atoms. The summed E-state index contributed by atoms with van der Waals surface area (Å²) in [6.07, 6.45) is 0.620. The van der Waals surface area contributed by atoms with Gasteiger partial charge in [-0.25, -0.2) is 26.5 Å². The second-order valence-electron chi connectivity index (χ2n) is 8.00. The molecule has 0 saturated carbocycles. The minimum atomic E-state index is -3.86. The zero-order valence-corrected chi connectivity index (χ0v) is 19.8. The van der Waals surface area contributed by atoms with E-state index < -0.39 is 26.0 Å². The van der Waals surface area contributed by atoms with Crippen LogP contribution < -0.4 is 9.62 Å². The van der Waals surface area contributed by atoms with E-state index in [0.717, 1.165) is 0 Å². The van der Waals surface area contributed by atoms with Crippen LogP contribution in [0.15, 0.2) is 21.6 Å². The summed E-state index contributed by atoms with van der Waals surface area (Å²) in [5.74, 6) is 0.418. The largest absolute Gasteiger partial charge is 0.375 e. The highest BCUT2D eigenvalue weighted by Crippen LogP contribution is 2.31. The Bertz CT molecular complexity index is 967. The Kier molecular flexibility index (Phi) is 6.62. The van der Waals surface area contributed by atoms with Crippen molar-refractivity contribution in [2.75, 3.05) is 42.6 Å². The zero-order chi connectivity index (χ0) is 21.4. The highest BCUT2D eigenvalue weighted by Gasteiger charge is 2.33. The van der Waals surface area contributed by atoms with Gasteiger partial charge in [-0.15, -0.1) is 0 Å². The third kappa shape index (κ3) is 5.88. The van der Waals surface area contributed by atoms with E-state index in [-0.39, 0.29) is 41.3 Å². The molecule has 9 nitrogen and oxygen atoms in total. The lowest BCUT2D eigenvalue weighted by Gasteiger charge is -2.42. The van der Waals surface area contributed by atoms with Crippen molar-refractivity contribution in [1.29, 1.82) is 0 Å². The Morgan fingerprint density at radius 1 is 1.41 bits per heavy atom. The van der Waals surface area contributed by atoms with E-state index in [1.54, 1.807) is 0 Å². The summed E-state index contributed by atoms with van der Waals surface area (Å²) >= 11 is 3.43. The second-order valence-corrected chi connectivity index (χ2v) is 12.9. The first-order valence-corrected chi connectivity index (χ1v) is 13.4. The van der Waals surface area contributed by atoms with Crippen molar-refractivity contribution in [3.05, 3.63) is 16.7 Å². The molecule has 2 aliphatic heterocycles. The van der Waals surface area contributed by atoms with Crippen molar-refractivity contribution in [2.24, 2.45) is 0 Å². The van der Waals surface area contributed by atoms with E-state index in [2.05, 4.69) is 30.5 Å². The molecule has 0 aliphatic carbocycles. The van der Waals surface area contributed by atoms with E-state index >= 15 is 0 Å². The fourth-order valence-corrected chi connectivity index (χ4v) is 6.65. The molecule has 164 valence electrons. The number of morpholine rings is 1. The molecule has 1 N–H and O–H groups in total. The van der Waals surface area contributed by atoms with Gasteiger partial charge >= 0.3 is 0 Å². The minimum absolute atomic E-state index is 0.00707. The van der Waals surface area contributed by atoms with Crippen LogP contribution in [0.2, 0.25) is 0 Å². The third-order valence-electron chi connectivity index (χ3n) is 4.66. The fraction of sp³-hybridized carbons (Fsp3) is 0.706. The van der Waals surface area contributed by atoms with Crippen molar-refractivity contribution >= 4 is 41.6 Å². The Morgan fingerprint density at radius 2 is 2.14 bits per heavy atom. The number of hydrogen-bond donors (Lipinski definition) is 1. The molecule has 1 aromatic heterocycles. The van der Waals surface area contributed by atoms with E-state index in [1.807, 2.05) is 20.8 Å². The summed E-state index contributed by atoms with van der Waals surface area (Å²) < 4.78 is 62.8. The van der Waals surface area contributed by atoms with Crippen LogP contribution in [-0.4, -0.2) is 77.4 Å². The maximum absolute atomic E-state index is 12.6. The molecule has 2 atom stereocenters. The van der Waals surface area contributed by atoms with Gasteiger partial charge in [0.25, 0.3) is 0 Å². The summed E-state index contributed by atoms with van der Waals surface area (Å²) in [7, 11) is -7.06. The number of ether oxygens (including phenoxy) is 2. The van der Waals surface area contributed by atoms with Gasteiger partial charge in [-0.3, -0.25) is 0 Å². The molecule has 29 heavy (non-hydrogen) atoms. The van der Waals surface area contributed by atoms with Crippen LogP contribution in [0, 0.1) is 0 Å². The monoisotopic (exact) mass is 511 g/mol. The quantitative estimate of drug-likeness (QED) is 0.620. The predicted molar refractivity (Wildman–Crippen MR) is 112 cm³/mol. The molecule has 2 saturated heterocycles. The molecule has 0 spiro atoms. The number of nitrogens with one attached hydrogen (secondary N) is 1. The van der Waals surface area contributed by atoms with Crippen molar-refractivity contribution in [3.8, 4) is 0 Å². The molecule has 12 heteroatoms. The number of pyridine rings is 1. The Hall–Kier alpha value is -0.790. The molecular weight excluding hydrogens is 486 g/mol. The number of aromatic nitrogens is 1. The van der Waals surface area contributed by atoms with Gasteiger partial charge in [0.1, 0.15) is 10.7 Å². The zero-order valence-electron chi connectivity index (χ0n) is 16.6. The van der Waals surface area contributed by atoms with Crippen LogP contribution >= 0.6 is 15.9 Å². The summed E-state index contributed by atoms with van der Waals surface area (Å²) in [5.41, 5.74) is -0.342. The van der Waals surface area contributed by atoms with Crippen molar-refractivity contribution in [2.45, 2.75) is 43.5 Å². The third-order valence-corrected chi connectivity index (χ3v) is 8.31. The molecule has 1 aromatic rings. The average molecular weight is 512 g/mol. The first kappa shape index (κ1) is 22.9. The number of sulfonamides is 1. The lowest BCUT2D eigenvalue weighted by atomic mass is 10.1. The summed E-state index contributed by atoms with van der Waals surface area (Å²) in [4.78, 5) is 6.41. The topological polar surface area (TPSA) is 115 Å². The van der Waals surface area contributed by atoms with Crippen LogP contribution in [0.5, 0.6) is 0 Å². The Morgan fingerprint density at radius 3 is 2.76 bits per heavy atom. The maximum Gasteiger partial charge on any atom is 0.242 e. The van der Waals surface area contributed by atoms with Gasteiger partial charge in [0.05, 0.1) is 40.4 Å². The van der Waals surface area contributed by atoms with Crippen LogP contribution in [0.4, 0.5) is 5.82 Å². The van der Waals surface area contributed by atoms with Gasteiger partial charge in [-0.2, -0.15) is 0 Å². The van der Waals surface area contributed by atoms with E-state index in [4.69, 9.17) is 9.47 Å². The van der Waals surface area contributed by atoms with Gasteiger partial charge in [0.15, 0.2) is 9.84 Å². The predicted octanol–water partition coefficient (Wildman–Crippen LogP) is 0.940. The Labute approximate surface area is 180 Å². The van der Waals surface area contributed by atoms with Crippen LogP contribution in [-0.2, 0) is 29.3 Å². The summed E-state index contributed by atoms with van der Waals surface area (Å²) in [6.45, 7) is 7.21. The smallest absolute Gasteiger partial charge is 0.242 e. The maximum atomic E-state index is 12.6. The highest BCUT2D eigenvalue weighted by molar-refractivity contribution is 9.10. The van der Waals surface area contributed by atoms with Crippen molar-refractivity contribution < 1.29 is 26.3 Å². The highest BCUT2D eigenvalue weighted by atomic mass is 79.9. The van der Waals surface area contributed by atoms with E-state index in [0.29, 0.717) is 23.4 Å². The van der Waals surface area contributed by atoms with Crippen LogP contribution in [0.1, 0.15) is 20.8 Å². The number of halogens is 1.